The van der Waals surface area contributed by atoms with Gasteiger partial charge in [0.15, 0.2) is 5.57 Å². The summed E-state index contributed by atoms with van der Waals surface area (Å²) in [5, 5.41) is 12.5. The van der Waals surface area contributed by atoms with Crippen molar-refractivity contribution < 1.29 is 18.0 Å². The molecule has 2 aromatic carbocycles. The average Bonchev–Trinajstić information content (AvgIpc) is 3.66. The number of thiazole rings is 1. The van der Waals surface area contributed by atoms with Gasteiger partial charge in [0.25, 0.3) is 11.5 Å². The van der Waals surface area contributed by atoms with Crippen molar-refractivity contribution in [3.8, 4) is 23.1 Å². The maximum atomic E-state index is 13.5. The molecule has 5 rings (SSSR count). The van der Waals surface area contributed by atoms with E-state index in [4.69, 9.17) is 8.83 Å². The third-order valence-electron chi connectivity index (χ3n) is 5.42. The van der Waals surface area contributed by atoms with Crippen LogP contribution in [0.4, 0.5) is 4.39 Å². The molecule has 182 valence electrons. The second-order valence-electron chi connectivity index (χ2n) is 7.85. The van der Waals surface area contributed by atoms with E-state index in [1.807, 2.05) is 6.07 Å². The zero-order chi connectivity index (χ0) is 25.8. The van der Waals surface area contributed by atoms with Crippen LogP contribution in [0.25, 0.3) is 28.7 Å². The number of halogens is 1. The molecule has 0 fully saturated rings. The predicted octanol–water partition coefficient (Wildman–Crippen LogP) is 3.71. The lowest BCUT2D eigenvalue weighted by atomic mass is 10.2. The van der Waals surface area contributed by atoms with Gasteiger partial charge < -0.3 is 14.2 Å². The minimum atomic E-state index is -0.632. The number of furan rings is 2. The number of nitrogens with zero attached hydrogens (tertiary/aromatic N) is 2. The topological polar surface area (TPSA) is 101 Å². The zero-order valence-corrected chi connectivity index (χ0v) is 20.0. The number of rotatable bonds is 6. The highest BCUT2D eigenvalue weighted by Gasteiger charge is 2.17. The smallest absolute Gasteiger partial charge is 0.273 e. The van der Waals surface area contributed by atoms with E-state index in [0.29, 0.717) is 28.5 Å². The lowest BCUT2D eigenvalue weighted by molar-refractivity contribution is -0.115. The average molecular weight is 512 g/mol. The Morgan fingerprint density at radius 3 is 2.54 bits per heavy atom. The van der Waals surface area contributed by atoms with Crippen LogP contribution in [-0.2, 0) is 11.3 Å². The van der Waals surface area contributed by atoms with E-state index >= 15 is 0 Å². The fraction of sp³-hybridized carbons (Fsp3) is 0.0357. The molecule has 0 aliphatic rings. The predicted molar refractivity (Wildman–Crippen MR) is 136 cm³/mol. The van der Waals surface area contributed by atoms with E-state index in [1.54, 1.807) is 72.8 Å². The van der Waals surface area contributed by atoms with Crippen LogP contribution in [0.15, 0.2) is 98.8 Å². The van der Waals surface area contributed by atoms with Gasteiger partial charge >= 0.3 is 0 Å². The molecule has 0 bridgehead atoms. The summed E-state index contributed by atoms with van der Waals surface area (Å²) >= 11 is 1.01. The second kappa shape index (κ2) is 10.4. The number of amides is 1. The molecule has 0 atom stereocenters. The first-order valence-corrected chi connectivity index (χ1v) is 11.9. The molecule has 0 aliphatic carbocycles. The van der Waals surface area contributed by atoms with E-state index in [9.17, 15) is 19.2 Å². The quantitative estimate of drug-likeness (QED) is 0.375. The van der Waals surface area contributed by atoms with Crippen molar-refractivity contribution in [3.05, 3.63) is 122 Å². The lowest BCUT2D eigenvalue weighted by Gasteiger charge is -2.04. The molecule has 37 heavy (non-hydrogen) atoms. The molecule has 0 radical (unpaired) electrons. The van der Waals surface area contributed by atoms with Gasteiger partial charge in [0, 0.05) is 11.6 Å². The summed E-state index contributed by atoms with van der Waals surface area (Å²) in [6.07, 6.45) is 3.04. The number of carbonyl (C=O) groups is 1. The maximum Gasteiger partial charge on any atom is 0.273 e. The summed E-state index contributed by atoms with van der Waals surface area (Å²) in [4.78, 5) is 26.4. The number of aromatic nitrogens is 1. The third kappa shape index (κ3) is 5.05. The molecule has 0 spiro atoms. The van der Waals surface area contributed by atoms with Crippen LogP contribution < -0.4 is 20.1 Å². The van der Waals surface area contributed by atoms with Crippen LogP contribution in [0.3, 0.4) is 0 Å². The molecule has 1 amide bonds. The molecule has 3 heterocycles. The SMILES string of the molecule is N#C/C(C(=O)NCc1ccco1)=c1/s/c(=C\c2ccc(-c3ccc(F)cc3)o2)c(=O)n1-c1ccccc1. The number of para-hydroxylation sites is 1. The maximum absolute atomic E-state index is 13.5. The highest BCUT2D eigenvalue weighted by Crippen LogP contribution is 2.22. The molecular formula is C28H18FN3O4S. The molecule has 0 saturated carbocycles. The van der Waals surface area contributed by atoms with Crippen molar-refractivity contribution >= 4 is 28.9 Å². The molecule has 0 aliphatic heterocycles. The normalized spacial score (nSPS) is 12.3. The van der Waals surface area contributed by atoms with Gasteiger partial charge in [-0.25, -0.2) is 4.39 Å². The number of hydrogen-bond acceptors (Lipinski definition) is 6. The Labute approximate surface area is 213 Å². The van der Waals surface area contributed by atoms with E-state index < -0.39 is 11.5 Å². The molecule has 0 unspecified atom stereocenters. The number of nitrogens with one attached hydrogen (secondary N) is 1. The summed E-state index contributed by atoms with van der Waals surface area (Å²) < 4.78 is 26.1. The van der Waals surface area contributed by atoms with Gasteiger partial charge in [0.05, 0.1) is 23.0 Å². The lowest BCUT2D eigenvalue weighted by Crippen LogP contribution is -2.33. The van der Waals surface area contributed by atoms with Crippen LogP contribution in [-0.4, -0.2) is 10.5 Å². The van der Waals surface area contributed by atoms with Gasteiger partial charge in [-0.1, -0.05) is 18.2 Å². The Balaban J connectivity index is 1.61. The summed E-state index contributed by atoms with van der Waals surface area (Å²) in [7, 11) is 0. The zero-order valence-electron chi connectivity index (χ0n) is 19.2. The van der Waals surface area contributed by atoms with Gasteiger partial charge in [-0.05, 0) is 60.7 Å². The van der Waals surface area contributed by atoms with Crippen molar-refractivity contribution in [1.29, 1.82) is 5.26 Å². The number of carbonyl (C=O) groups excluding carboxylic acids is 1. The molecule has 0 saturated heterocycles. The Morgan fingerprint density at radius 2 is 1.84 bits per heavy atom. The van der Waals surface area contributed by atoms with Crippen LogP contribution in [0.1, 0.15) is 11.5 Å². The second-order valence-corrected chi connectivity index (χ2v) is 8.88. The number of nitriles is 1. The standard InChI is InChI=1S/C28H18FN3O4S/c29-19-10-8-18(9-11-19)24-13-12-21(36-24)15-25-27(34)32(20-5-2-1-3-6-20)28(37-25)23(16-30)26(33)31-17-22-7-4-14-35-22/h1-15H,17H2,(H,31,33)/b25-15-,28-23-. The van der Waals surface area contributed by atoms with Crippen molar-refractivity contribution in [1.82, 2.24) is 9.88 Å². The van der Waals surface area contributed by atoms with Crippen molar-refractivity contribution in [2.24, 2.45) is 0 Å². The Morgan fingerprint density at radius 1 is 1.05 bits per heavy atom. The van der Waals surface area contributed by atoms with E-state index in [0.717, 1.165) is 11.3 Å². The van der Waals surface area contributed by atoms with Crippen molar-refractivity contribution in [2.75, 3.05) is 0 Å². The first-order chi connectivity index (χ1) is 18.0. The Bertz CT molecular complexity index is 1770. The van der Waals surface area contributed by atoms with Crippen LogP contribution >= 0.6 is 11.3 Å². The van der Waals surface area contributed by atoms with E-state index in [-0.39, 0.29) is 27.1 Å². The Hall–Kier alpha value is -4.94. The minimum absolute atomic E-state index is 0.0928. The van der Waals surface area contributed by atoms with E-state index in [2.05, 4.69) is 5.32 Å². The number of hydrogen-bond donors (Lipinski definition) is 1. The molecular weight excluding hydrogens is 493 g/mol. The summed E-state index contributed by atoms with van der Waals surface area (Å²) in [5.41, 5.74) is 0.584. The highest BCUT2D eigenvalue weighted by atomic mass is 32.1. The van der Waals surface area contributed by atoms with Gasteiger partial charge in [-0.3, -0.25) is 14.2 Å². The van der Waals surface area contributed by atoms with Gasteiger partial charge in [0.2, 0.25) is 0 Å². The largest absolute Gasteiger partial charge is 0.467 e. The molecule has 5 aromatic rings. The van der Waals surface area contributed by atoms with Crippen LogP contribution in [0, 0.1) is 17.1 Å². The monoisotopic (exact) mass is 511 g/mol. The van der Waals surface area contributed by atoms with Crippen LogP contribution in [0.2, 0.25) is 0 Å². The fourth-order valence-electron chi connectivity index (χ4n) is 3.66. The molecule has 7 nitrogen and oxygen atoms in total. The first kappa shape index (κ1) is 23.8. The van der Waals surface area contributed by atoms with Crippen molar-refractivity contribution in [2.45, 2.75) is 6.54 Å². The fourth-order valence-corrected chi connectivity index (χ4v) is 4.74. The first-order valence-electron chi connectivity index (χ1n) is 11.1. The van der Waals surface area contributed by atoms with Gasteiger partial charge in [-0.15, -0.1) is 11.3 Å². The van der Waals surface area contributed by atoms with Crippen molar-refractivity contribution in [3.63, 3.8) is 0 Å². The third-order valence-corrected chi connectivity index (χ3v) is 6.52. The number of benzene rings is 2. The summed E-state index contributed by atoms with van der Waals surface area (Å²) in [6.45, 7) is 0.0928. The summed E-state index contributed by atoms with van der Waals surface area (Å²) in [6, 6.07) is 23.4. The van der Waals surface area contributed by atoms with Crippen LogP contribution in [0.5, 0.6) is 0 Å². The summed E-state index contributed by atoms with van der Waals surface area (Å²) in [5.74, 6) is 0.444. The molecule has 1 N–H and O–H groups in total. The Kier molecular flexibility index (Phi) is 6.66. The van der Waals surface area contributed by atoms with Gasteiger partial charge in [0.1, 0.15) is 33.8 Å². The highest BCUT2D eigenvalue weighted by molar-refractivity contribution is 7.07. The van der Waals surface area contributed by atoms with E-state index in [1.165, 1.54) is 23.0 Å². The minimum Gasteiger partial charge on any atom is -0.467 e. The van der Waals surface area contributed by atoms with Gasteiger partial charge in [-0.2, -0.15) is 5.26 Å². The molecule has 9 heteroatoms. The molecule has 3 aromatic heterocycles.